The van der Waals surface area contributed by atoms with E-state index in [1.807, 2.05) is 13.8 Å². The Morgan fingerprint density at radius 3 is 2.56 bits per heavy atom. The molecule has 0 radical (unpaired) electrons. The zero-order valence-electron chi connectivity index (χ0n) is 9.12. The third-order valence-corrected chi connectivity index (χ3v) is 4.21. The second-order valence-corrected chi connectivity index (χ2v) is 5.72. The lowest BCUT2D eigenvalue weighted by molar-refractivity contribution is -0.118. The summed E-state index contributed by atoms with van der Waals surface area (Å²) < 4.78 is 0.936. The van der Waals surface area contributed by atoms with Crippen LogP contribution in [0.25, 0.3) is 0 Å². The van der Waals surface area contributed by atoms with E-state index in [4.69, 9.17) is 5.73 Å². The van der Waals surface area contributed by atoms with Crippen molar-refractivity contribution >= 4 is 39.1 Å². The van der Waals surface area contributed by atoms with E-state index in [9.17, 15) is 9.59 Å². The van der Waals surface area contributed by atoms with Crippen molar-refractivity contribution in [1.82, 2.24) is 4.90 Å². The molecule has 0 bridgehead atoms. The maximum absolute atomic E-state index is 12.0. The van der Waals surface area contributed by atoms with Gasteiger partial charge < -0.3 is 10.6 Å². The topological polar surface area (TPSA) is 63.4 Å². The summed E-state index contributed by atoms with van der Waals surface area (Å²) in [6.45, 7) is 4.17. The van der Waals surface area contributed by atoms with Crippen molar-refractivity contribution in [2.24, 2.45) is 5.73 Å². The van der Waals surface area contributed by atoms with E-state index < -0.39 is 5.91 Å². The van der Waals surface area contributed by atoms with Crippen molar-refractivity contribution in [3.05, 3.63) is 20.3 Å². The van der Waals surface area contributed by atoms with Gasteiger partial charge in [-0.05, 0) is 41.4 Å². The number of hydrogen-bond donors (Lipinski definition) is 1. The van der Waals surface area contributed by atoms with E-state index >= 15 is 0 Å². The summed E-state index contributed by atoms with van der Waals surface area (Å²) in [4.78, 5) is 24.8. The predicted octanol–water partition coefficient (Wildman–Crippen LogP) is 1.77. The molecule has 0 aliphatic heterocycles. The molecule has 0 spiro atoms. The van der Waals surface area contributed by atoms with Crippen LogP contribution in [0.15, 0.2) is 9.85 Å². The fourth-order valence-electron chi connectivity index (χ4n) is 1.24. The Labute approximate surface area is 107 Å². The van der Waals surface area contributed by atoms with Crippen molar-refractivity contribution in [3.8, 4) is 0 Å². The molecule has 1 heterocycles. The number of nitrogens with two attached hydrogens (primary N) is 1. The molecule has 0 fully saturated rings. The molecule has 16 heavy (non-hydrogen) atoms. The minimum absolute atomic E-state index is 0.0378. The van der Waals surface area contributed by atoms with Gasteiger partial charge in [0.25, 0.3) is 5.91 Å². The number of amides is 2. The van der Waals surface area contributed by atoms with E-state index in [-0.39, 0.29) is 12.5 Å². The zero-order chi connectivity index (χ0) is 12.3. The zero-order valence-corrected chi connectivity index (χ0v) is 11.5. The maximum Gasteiger partial charge on any atom is 0.264 e. The van der Waals surface area contributed by atoms with Gasteiger partial charge in [0, 0.05) is 6.54 Å². The first-order valence-electron chi connectivity index (χ1n) is 4.79. The van der Waals surface area contributed by atoms with Crippen LogP contribution in [0, 0.1) is 6.92 Å². The van der Waals surface area contributed by atoms with Gasteiger partial charge in [0.2, 0.25) is 5.91 Å². The van der Waals surface area contributed by atoms with Crippen molar-refractivity contribution in [3.63, 3.8) is 0 Å². The maximum atomic E-state index is 12.0. The van der Waals surface area contributed by atoms with Gasteiger partial charge in [0.05, 0.1) is 15.2 Å². The van der Waals surface area contributed by atoms with Gasteiger partial charge in [-0.2, -0.15) is 0 Å². The monoisotopic (exact) mass is 304 g/mol. The van der Waals surface area contributed by atoms with E-state index in [2.05, 4.69) is 15.9 Å². The summed E-state index contributed by atoms with van der Waals surface area (Å²) in [5.74, 6) is -0.650. The van der Waals surface area contributed by atoms with Crippen molar-refractivity contribution < 1.29 is 9.59 Å². The van der Waals surface area contributed by atoms with E-state index in [1.54, 1.807) is 6.07 Å². The molecule has 2 amide bonds. The number of nitrogens with zero attached hydrogens (tertiary/aromatic N) is 1. The van der Waals surface area contributed by atoms with E-state index in [0.29, 0.717) is 11.4 Å². The largest absolute Gasteiger partial charge is 0.368 e. The molecule has 0 saturated heterocycles. The van der Waals surface area contributed by atoms with Crippen LogP contribution in [-0.2, 0) is 4.79 Å². The standard InChI is InChI=1S/C10H13BrN2O2S/c1-3-13(5-8(12)14)10(15)7-4-6(2)9(11)16-7/h4H,3,5H2,1-2H3,(H2,12,14). The Bertz CT molecular complexity index is 397. The lowest BCUT2D eigenvalue weighted by atomic mass is 10.3. The van der Waals surface area contributed by atoms with E-state index in [0.717, 1.165) is 9.35 Å². The quantitative estimate of drug-likeness (QED) is 0.921. The third kappa shape index (κ3) is 3.05. The van der Waals surface area contributed by atoms with Gasteiger partial charge in [0.1, 0.15) is 0 Å². The Kier molecular flexibility index (Phi) is 4.49. The van der Waals surface area contributed by atoms with Gasteiger partial charge in [-0.15, -0.1) is 11.3 Å². The molecule has 0 aliphatic rings. The van der Waals surface area contributed by atoms with Gasteiger partial charge in [-0.1, -0.05) is 0 Å². The molecule has 2 N–H and O–H groups in total. The molecule has 0 unspecified atom stereocenters. The predicted molar refractivity (Wildman–Crippen MR) is 67.5 cm³/mol. The first-order valence-corrected chi connectivity index (χ1v) is 6.40. The molecule has 1 rings (SSSR count). The number of likely N-dealkylation sites (N-methyl/N-ethyl adjacent to an activating group) is 1. The molecule has 1 aromatic rings. The second kappa shape index (κ2) is 5.45. The third-order valence-electron chi connectivity index (χ3n) is 2.08. The van der Waals surface area contributed by atoms with Crippen LogP contribution in [0.1, 0.15) is 22.2 Å². The van der Waals surface area contributed by atoms with Crippen molar-refractivity contribution in [2.45, 2.75) is 13.8 Å². The number of halogens is 1. The summed E-state index contributed by atoms with van der Waals surface area (Å²) in [6, 6.07) is 1.81. The average molecular weight is 305 g/mol. The molecule has 88 valence electrons. The highest BCUT2D eigenvalue weighted by atomic mass is 79.9. The van der Waals surface area contributed by atoms with Crippen LogP contribution in [-0.4, -0.2) is 29.8 Å². The summed E-state index contributed by atoms with van der Waals surface area (Å²) in [5.41, 5.74) is 6.10. The van der Waals surface area contributed by atoms with Gasteiger partial charge in [0.15, 0.2) is 0 Å². The molecule has 0 aromatic carbocycles. The average Bonchev–Trinajstić information content (AvgIpc) is 2.54. The van der Waals surface area contributed by atoms with Crippen molar-refractivity contribution in [1.29, 1.82) is 0 Å². The summed E-state index contributed by atoms with van der Waals surface area (Å²) in [7, 11) is 0. The summed E-state index contributed by atoms with van der Waals surface area (Å²) >= 11 is 4.73. The van der Waals surface area contributed by atoms with Crippen LogP contribution >= 0.6 is 27.3 Å². The lowest BCUT2D eigenvalue weighted by Crippen LogP contribution is -2.37. The SMILES string of the molecule is CCN(CC(N)=O)C(=O)c1cc(C)c(Br)s1. The highest BCUT2D eigenvalue weighted by Crippen LogP contribution is 2.28. The van der Waals surface area contributed by atoms with E-state index in [1.165, 1.54) is 16.2 Å². The highest BCUT2D eigenvalue weighted by molar-refractivity contribution is 9.11. The number of thiophene rings is 1. The molecule has 0 atom stereocenters. The summed E-state index contributed by atoms with van der Waals surface area (Å²) in [5, 5.41) is 0. The highest BCUT2D eigenvalue weighted by Gasteiger charge is 2.18. The number of carbonyl (C=O) groups is 2. The minimum atomic E-state index is -0.498. The van der Waals surface area contributed by atoms with Gasteiger partial charge >= 0.3 is 0 Å². The van der Waals surface area contributed by atoms with Crippen molar-refractivity contribution in [2.75, 3.05) is 13.1 Å². The number of primary amides is 1. The fourth-order valence-corrected chi connectivity index (χ4v) is 2.74. The normalized spacial score (nSPS) is 10.2. The number of aryl methyl sites for hydroxylation is 1. The van der Waals surface area contributed by atoms with Crippen LogP contribution < -0.4 is 5.73 Å². The molecule has 0 saturated carbocycles. The number of hydrogen-bond acceptors (Lipinski definition) is 3. The van der Waals surface area contributed by atoms with Crippen LogP contribution in [0.2, 0.25) is 0 Å². The minimum Gasteiger partial charge on any atom is -0.368 e. The molecule has 6 heteroatoms. The first-order chi connectivity index (χ1) is 7.45. The molecule has 1 aromatic heterocycles. The lowest BCUT2D eigenvalue weighted by Gasteiger charge is -2.17. The fraction of sp³-hybridized carbons (Fsp3) is 0.400. The number of rotatable bonds is 4. The molecule has 4 nitrogen and oxygen atoms in total. The smallest absolute Gasteiger partial charge is 0.264 e. The molecule has 0 aliphatic carbocycles. The van der Waals surface area contributed by atoms with Crippen LogP contribution in [0.3, 0.4) is 0 Å². The Balaban J connectivity index is 2.86. The second-order valence-electron chi connectivity index (χ2n) is 3.35. The van der Waals surface area contributed by atoms with Crippen LogP contribution in [0.5, 0.6) is 0 Å². The molecular formula is C10H13BrN2O2S. The van der Waals surface area contributed by atoms with Gasteiger partial charge in [-0.3, -0.25) is 9.59 Å². The number of carbonyl (C=O) groups excluding carboxylic acids is 2. The summed E-state index contributed by atoms with van der Waals surface area (Å²) in [6.07, 6.45) is 0. The Hall–Kier alpha value is -0.880. The Morgan fingerprint density at radius 2 is 2.19 bits per heavy atom. The van der Waals surface area contributed by atoms with Gasteiger partial charge in [-0.25, -0.2) is 0 Å². The van der Waals surface area contributed by atoms with Crippen LogP contribution in [0.4, 0.5) is 0 Å². The molecular weight excluding hydrogens is 292 g/mol. The first kappa shape index (κ1) is 13.2. The Morgan fingerprint density at radius 1 is 1.56 bits per heavy atom.